The van der Waals surface area contributed by atoms with E-state index in [9.17, 15) is 4.39 Å². The van der Waals surface area contributed by atoms with E-state index in [1.165, 1.54) is 0 Å². The summed E-state index contributed by atoms with van der Waals surface area (Å²) in [6.07, 6.45) is 2.19. The molecule has 0 spiro atoms. The number of aromatic nitrogens is 1. The number of pyridine rings is 1. The van der Waals surface area contributed by atoms with Crippen LogP contribution in [0.15, 0.2) is 30.3 Å². The number of nitrogens with zero attached hydrogens (tertiary/aromatic N) is 2. The number of piperidine rings is 1. The fourth-order valence-electron chi connectivity index (χ4n) is 3.08. The lowest BCUT2D eigenvalue weighted by atomic mass is 9.94. The number of hydrogen-bond donors (Lipinski definition) is 2. The van der Waals surface area contributed by atoms with Gasteiger partial charge in [0.1, 0.15) is 11.6 Å². The summed E-state index contributed by atoms with van der Waals surface area (Å²) in [5.41, 5.74) is 2.41. The summed E-state index contributed by atoms with van der Waals surface area (Å²) in [4.78, 5) is 4.68. The topological polar surface area (TPSA) is 60.7 Å². The number of hydrogen-bond acceptors (Lipinski definition) is 4. The van der Waals surface area contributed by atoms with E-state index in [0.29, 0.717) is 29.2 Å². The highest BCUT2D eigenvalue weighted by Crippen LogP contribution is 2.24. The number of nitrogens with one attached hydrogen (secondary N) is 2. The lowest BCUT2D eigenvalue weighted by Gasteiger charge is -2.22. The number of rotatable bonds is 4. The normalized spacial score (nSPS) is 15.0. The van der Waals surface area contributed by atoms with Crippen molar-refractivity contribution < 1.29 is 4.39 Å². The predicted molar refractivity (Wildman–Crippen MR) is 92.3 cm³/mol. The first-order valence-electron chi connectivity index (χ1n) is 8.28. The van der Waals surface area contributed by atoms with Gasteiger partial charge in [-0.15, -0.1) is 0 Å². The highest BCUT2D eigenvalue weighted by Gasteiger charge is 2.16. The Morgan fingerprint density at radius 3 is 2.83 bits per heavy atom. The Hall–Kier alpha value is -2.45. The van der Waals surface area contributed by atoms with Gasteiger partial charge in [-0.25, -0.2) is 9.37 Å². The van der Waals surface area contributed by atoms with Gasteiger partial charge in [0.25, 0.3) is 0 Å². The molecule has 1 aromatic carbocycles. The molecule has 0 radical (unpaired) electrons. The number of halogens is 1. The average molecular weight is 324 g/mol. The van der Waals surface area contributed by atoms with Crippen LogP contribution in [0.3, 0.4) is 0 Å². The minimum Gasteiger partial charge on any atom is -0.366 e. The van der Waals surface area contributed by atoms with Crippen molar-refractivity contribution in [2.45, 2.75) is 32.2 Å². The van der Waals surface area contributed by atoms with Crippen molar-refractivity contribution in [2.75, 3.05) is 18.4 Å². The highest BCUT2D eigenvalue weighted by molar-refractivity contribution is 5.43. The van der Waals surface area contributed by atoms with E-state index in [2.05, 4.69) is 21.7 Å². The molecule has 0 saturated carbocycles. The molecular weight excluding hydrogens is 303 g/mol. The van der Waals surface area contributed by atoms with Gasteiger partial charge in [-0.05, 0) is 51.1 Å². The van der Waals surface area contributed by atoms with Gasteiger partial charge in [0, 0.05) is 29.3 Å². The van der Waals surface area contributed by atoms with Crippen LogP contribution < -0.4 is 10.6 Å². The fourth-order valence-corrected chi connectivity index (χ4v) is 3.08. The maximum atomic E-state index is 14.3. The maximum Gasteiger partial charge on any atom is 0.132 e. The van der Waals surface area contributed by atoms with Crippen molar-refractivity contribution in [3.8, 4) is 6.07 Å². The molecular formula is C19H21FN4. The summed E-state index contributed by atoms with van der Waals surface area (Å²) < 4.78 is 14.3. The molecule has 0 aliphatic carbocycles. The van der Waals surface area contributed by atoms with Crippen LogP contribution in [0, 0.1) is 24.1 Å². The fraction of sp³-hybridized carbons (Fsp3) is 0.368. The molecule has 124 valence electrons. The molecule has 0 unspecified atom stereocenters. The summed E-state index contributed by atoms with van der Waals surface area (Å²) in [5, 5.41) is 15.5. The number of nitriles is 1. The Bertz CT molecular complexity index is 760. The summed E-state index contributed by atoms with van der Waals surface area (Å²) in [6.45, 7) is 4.04. The van der Waals surface area contributed by atoms with Crippen LogP contribution in [0.1, 0.15) is 41.1 Å². The van der Waals surface area contributed by atoms with E-state index in [1.54, 1.807) is 19.1 Å². The Balaban J connectivity index is 1.71. The lowest BCUT2D eigenvalue weighted by molar-refractivity contribution is 0.453. The first-order valence-corrected chi connectivity index (χ1v) is 8.28. The third-order valence-corrected chi connectivity index (χ3v) is 4.57. The predicted octanol–water partition coefficient (Wildman–Crippen LogP) is 3.48. The molecule has 0 atom stereocenters. The second kappa shape index (κ2) is 7.41. The molecule has 2 heterocycles. The molecule has 2 N–H and O–H groups in total. The van der Waals surface area contributed by atoms with E-state index >= 15 is 0 Å². The Morgan fingerprint density at radius 2 is 2.08 bits per heavy atom. The van der Waals surface area contributed by atoms with Crippen molar-refractivity contribution in [3.05, 3.63) is 58.5 Å². The second-order valence-corrected chi connectivity index (χ2v) is 6.15. The van der Waals surface area contributed by atoms with Crippen molar-refractivity contribution >= 4 is 5.82 Å². The molecule has 0 bridgehead atoms. The SMILES string of the molecule is Cc1c(C#N)ccc(CNc2cccc(C3CCNCC3)n2)c1F. The molecule has 3 rings (SSSR count). The van der Waals surface area contributed by atoms with Gasteiger partial charge in [0.15, 0.2) is 0 Å². The average Bonchev–Trinajstić information content (AvgIpc) is 2.64. The Labute approximate surface area is 141 Å². The van der Waals surface area contributed by atoms with Crippen molar-refractivity contribution in [1.29, 1.82) is 5.26 Å². The number of benzene rings is 1. The van der Waals surface area contributed by atoms with Crippen LogP contribution in [0.25, 0.3) is 0 Å². The van der Waals surface area contributed by atoms with Gasteiger partial charge in [0.2, 0.25) is 0 Å². The molecule has 0 amide bonds. The maximum absolute atomic E-state index is 14.3. The van der Waals surface area contributed by atoms with Gasteiger partial charge >= 0.3 is 0 Å². The first-order chi connectivity index (χ1) is 11.7. The molecule has 1 aliphatic heterocycles. The monoisotopic (exact) mass is 324 g/mol. The Morgan fingerprint density at radius 1 is 1.29 bits per heavy atom. The number of anilines is 1. The van der Waals surface area contributed by atoms with Crippen molar-refractivity contribution in [1.82, 2.24) is 10.3 Å². The van der Waals surface area contributed by atoms with E-state index in [-0.39, 0.29) is 5.82 Å². The van der Waals surface area contributed by atoms with Gasteiger partial charge in [-0.2, -0.15) is 5.26 Å². The highest BCUT2D eigenvalue weighted by atomic mass is 19.1. The smallest absolute Gasteiger partial charge is 0.132 e. The molecule has 1 aromatic heterocycles. The molecule has 4 nitrogen and oxygen atoms in total. The summed E-state index contributed by atoms with van der Waals surface area (Å²) in [5.74, 6) is 0.922. The van der Waals surface area contributed by atoms with E-state index in [4.69, 9.17) is 5.26 Å². The van der Waals surface area contributed by atoms with Crippen molar-refractivity contribution in [2.24, 2.45) is 0 Å². The molecule has 1 aliphatic rings. The quantitative estimate of drug-likeness (QED) is 0.904. The van der Waals surface area contributed by atoms with Crippen LogP contribution in [-0.4, -0.2) is 18.1 Å². The largest absolute Gasteiger partial charge is 0.366 e. The minimum atomic E-state index is -0.323. The third-order valence-electron chi connectivity index (χ3n) is 4.57. The zero-order valence-electron chi connectivity index (χ0n) is 13.8. The Kier molecular flexibility index (Phi) is 5.07. The zero-order valence-corrected chi connectivity index (χ0v) is 13.8. The van der Waals surface area contributed by atoms with Gasteiger partial charge < -0.3 is 10.6 Å². The first kappa shape index (κ1) is 16.4. The van der Waals surface area contributed by atoms with E-state index in [1.807, 2.05) is 18.2 Å². The summed E-state index contributed by atoms with van der Waals surface area (Å²) >= 11 is 0. The van der Waals surface area contributed by atoms with Gasteiger partial charge in [-0.3, -0.25) is 0 Å². The standard InChI is InChI=1S/C19H21FN4/c1-13-15(11-21)5-6-16(19(13)20)12-23-18-4-2-3-17(24-18)14-7-9-22-10-8-14/h2-6,14,22H,7-10,12H2,1H3,(H,23,24). The van der Waals surface area contributed by atoms with Crippen LogP contribution in [0.5, 0.6) is 0 Å². The van der Waals surface area contributed by atoms with Crippen LogP contribution in [0.4, 0.5) is 10.2 Å². The van der Waals surface area contributed by atoms with Crippen LogP contribution in [0.2, 0.25) is 0 Å². The van der Waals surface area contributed by atoms with E-state index < -0.39 is 0 Å². The van der Waals surface area contributed by atoms with Crippen LogP contribution in [-0.2, 0) is 6.54 Å². The molecule has 1 saturated heterocycles. The lowest BCUT2D eigenvalue weighted by Crippen LogP contribution is -2.27. The second-order valence-electron chi connectivity index (χ2n) is 6.15. The zero-order chi connectivity index (χ0) is 16.9. The molecule has 1 fully saturated rings. The van der Waals surface area contributed by atoms with Crippen molar-refractivity contribution in [3.63, 3.8) is 0 Å². The summed E-state index contributed by atoms with van der Waals surface area (Å²) in [6, 6.07) is 11.3. The third kappa shape index (κ3) is 3.55. The molecule has 5 heteroatoms. The molecule has 24 heavy (non-hydrogen) atoms. The van der Waals surface area contributed by atoms with Crippen LogP contribution >= 0.6 is 0 Å². The minimum absolute atomic E-state index is 0.323. The van der Waals surface area contributed by atoms with Gasteiger partial charge in [-0.1, -0.05) is 12.1 Å². The van der Waals surface area contributed by atoms with E-state index in [0.717, 1.165) is 37.4 Å². The van der Waals surface area contributed by atoms with Gasteiger partial charge in [0.05, 0.1) is 11.6 Å². The molecule has 2 aromatic rings. The summed E-state index contributed by atoms with van der Waals surface area (Å²) in [7, 11) is 0.